The first kappa shape index (κ1) is 16.2. The van der Waals surface area contributed by atoms with Gasteiger partial charge in [-0.1, -0.05) is 0 Å². The summed E-state index contributed by atoms with van der Waals surface area (Å²) in [6.07, 6.45) is -6.37. The number of methoxy groups -OCH3 is 1. The lowest BCUT2D eigenvalue weighted by Gasteiger charge is -2.44. The minimum absolute atomic E-state index is 0.418. The third-order valence-corrected chi connectivity index (χ3v) is 3.20. The Kier molecular flexibility index (Phi) is 5.21. The molecule has 1 saturated heterocycles. The Morgan fingerprint density at radius 1 is 1.58 bits per heavy atom. The van der Waals surface area contributed by atoms with E-state index in [2.05, 4.69) is 0 Å². The molecule has 1 unspecified atom stereocenters. The molecule has 19 heavy (non-hydrogen) atoms. The number of hydrogen-bond donors (Lipinski definition) is 6. The zero-order chi connectivity index (χ0) is 14.8. The van der Waals surface area contributed by atoms with Crippen LogP contribution in [0.15, 0.2) is 0 Å². The quantitative estimate of drug-likeness (QED) is 0.301. The van der Waals surface area contributed by atoms with Crippen LogP contribution < -0.4 is 5.73 Å². The van der Waals surface area contributed by atoms with E-state index in [-0.39, 0.29) is 0 Å². The van der Waals surface area contributed by atoms with E-state index in [9.17, 15) is 20.1 Å². The van der Waals surface area contributed by atoms with Gasteiger partial charge >= 0.3 is 5.97 Å². The van der Waals surface area contributed by atoms with Crippen molar-refractivity contribution in [2.75, 3.05) is 13.7 Å². The van der Waals surface area contributed by atoms with Gasteiger partial charge in [-0.05, 0) is 0 Å². The highest BCUT2D eigenvalue weighted by molar-refractivity contribution is 5.76. The molecule has 1 aliphatic heterocycles. The second-order valence-corrected chi connectivity index (χ2v) is 4.43. The van der Waals surface area contributed by atoms with Crippen LogP contribution >= 0.6 is 0 Å². The molecule has 9 nitrogen and oxygen atoms in total. The topological polar surface area (TPSA) is 163 Å². The van der Waals surface area contributed by atoms with Crippen LogP contribution in [0.2, 0.25) is 0 Å². The SMILES string of the molecule is CO[C@@]1(C(=O)O)CC(O)[C@@H](N)[C@H]([C@H](O)[C@H](O)CO)O1. The van der Waals surface area contributed by atoms with Gasteiger partial charge in [-0.3, -0.25) is 0 Å². The van der Waals surface area contributed by atoms with Gasteiger partial charge in [0.15, 0.2) is 0 Å². The van der Waals surface area contributed by atoms with E-state index in [4.69, 9.17) is 25.4 Å². The number of ether oxygens (including phenoxy) is 2. The van der Waals surface area contributed by atoms with Crippen LogP contribution in [0.25, 0.3) is 0 Å². The minimum atomic E-state index is -2.16. The van der Waals surface area contributed by atoms with Crippen molar-refractivity contribution in [3.8, 4) is 0 Å². The lowest BCUT2D eigenvalue weighted by molar-refractivity contribution is -0.301. The average Bonchev–Trinajstić information content (AvgIpc) is 2.39. The van der Waals surface area contributed by atoms with Crippen molar-refractivity contribution in [3.63, 3.8) is 0 Å². The minimum Gasteiger partial charge on any atom is -0.477 e. The maximum atomic E-state index is 11.2. The fourth-order valence-corrected chi connectivity index (χ4v) is 1.96. The smallest absolute Gasteiger partial charge is 0.364 e. The summed E-state index contributed by atoms with van der Waals surface area (Å²) in [5.41, 5.74) is 5.62. The molecule has 0 aromatic carbocycles. The van der Waals surface area contributed by atoms with Crippen molar-refractivity contribution in [2.24, 2.45) is 5.73 Å². The molecule has 0 saturated carbocycles. The third kappa shape index (κ3) is 3.03. The Labute approximate surface area is 109 Å². The molecule has 1 rings (SSSR count). The molecular weight excluding hydrogens is 262 g/mol. The van der Waals surface area contributed by atoms with Crippen LogP contribution in [0.1, 0.15) is 6.42 Å². The molecule has 0 aliphatic carbocycles. The Morgan fingerprint density at radius 2 is 2.16 bits per heavy atom. The Bertz CT molecular complexity index is 327. The van der Waals surface area contributed by atoms with Crippen molar-refractivity contribution in [3.05, 3.63) is 0 Å². The molecule has 0 radical (unpaired) electrons. The standard InChI is InChI=1S/C10H19NO8/c1-18-10(9(16)17)2-4(13)6(11)8(19-10)7(15)5(14)3-12/h4-8,12-15H,2-3,11H2,1H3,(H,16,17)/t4?,5-,6-,7-,8-,10+/m1/s1. The lowest BCUT2D eigenvalue weighted by Crippen LogP contribution is -2.66. The Balaban J connectivity index is 2.99. The van der Waals surface area contributed by atoms with E-state index in [0.29, 0.717) is 0 Å². The van der Waals surface area contributed by atoms with Gasteiger partial charge in [0.25, 0.3) is 5.79 Å². The number of carbonyl (C=O) groups is 1. The molecule has 0 spiro atoms. The normalized spacial score (nSPS) is 38.7. The summed E-state index contributed by atoms with van der Waals surface area (Å²) < 4.78 is 9.88. The monoisotopic (exact) mass is 281 g/mol. The second kappa shape index (κ2) is 6.09. The number of carboxylic acids is 1. The highest BCUT2D eigenvalue weighted by Gasteiger charge is 2.53. The summed E-state index contributed by atoms with van der Waals surface area (Å²) in [7, 11) is 1.07. The number of aliphatic hydroxyl groups excluding tert-OH is 4. The predicted octanol–water partition coefficient (Wildman–Crippen LogP) is -3.40. The number of aliphatic hydroxyl groups is 4. The van der Waals surface area contributed by atoms with Crippen molar-refractivity contribution in [1.82, 2.24) is 0 Å². The van der Waals surface area contributed by atoms with Gasteiger partial charge in [0.05, 0.1) is 18.8 Å². The Hall–Kier alpha value is -0.810. The van der Waals surface area contributed by atoms with Gasteiger partial charge in [-0.2, -0.15) is 0 Å². The summed E-state index contributed by atoms with van der Waals surface area (Å²) in [4.78, 5) is 11.2. The van der Waals surface area contributed by atoms with Gasteiger partial charge in [0.2, 0.25) is 0 Å². The van der Waals surface area contributed by atoms with E-state index in [1.165, 1.54) is 0 Å². The fourth-order valence-electron chi connectivity index (χ4n) is 1.96. The number of aliphatic carboxylic acids is 1. The van der Waals surface area contributed by atoms with E-state index in [1.807, 2.05) is 0 Å². The number of nitrogens with two attached hydrogens (primary N) is 1. The third-order valence-electron chi connectivity index (χ3n) is 3.20. The second-order valence-electron chi connectivity index (χ2n) is 4.43. The van der Waals surface area contributed by atoms with Crippen molar-refractivity contribution in [1.29, 1.82) is 0 Å². The maximum Gasteiger partial charge on any atom is 0.364 e. The zero-order valence-corrected chi connectivity index (χ0v) is 10.3. The molecule has 7 N–H and O–H groups in total. The van der Waals surface area contributed by atoms with Crippen molar-refractivity contribution in [2.45, 2.75) is 42.7 Å². The van der Waals surface area contributed by atoms with Crippen molar-refractivity contribution >= 4 is 5.97 Å². The summed E-state index contributed by atoms with van der Waals surface area (Å²) in [6.45, 7) is -0.767. The molecule has 0 amide bonds. The maximum absolute atomic E-state index is 11.2. The molecule has 1 heterocycles. The predicted molar refractivity (Wildman–Crippen MR) is 59.9 cm³/mol. The fraction of sp³-hybridized carbons (Fsp3) is 0.900. The molecule has 0 aromatic heterocycles. The van der Waals surface area contributed by atoms with Crippen LogP contribution in [0, 0.1) is 0 Å². The van der Waals surface area contributed by atoms with Gasteiger partial charge in [-0.25, -0.2) is 4.79 Å². The van der Waals surface area contributed by atoms with Crippen LogP contribution in [-0.2, 0) is 14.3 Å². The van der Waals surface area contributed by atoms with E-state index < -0.39 is 55.2 Å². The van der Waals surface area contributed by atoms with E-state index in [0.717, 1.165) is 7.11 Å². The van der Waals surface area contributed by atoms with Crippen LogP contribution in [-0.4, -0.2) is 81.5 Å². The molecule has 9 heteroatoms. The summed E-state index contributed by atoms with van der Waals surface area (Å²) in [5.74, 6) is -3.65. The first-order chi connectivity index (χ1) is 8.79. The van der Waals surface area contributed by atoms with Gasteiger partial charge in [0.1, 0.15) is 18.3 Å². The van der Waals surface area contributed by atoms with Gasteiger partial charge < -0.3 is 40.7 Å². The molecule has 112 valence electrons. The summed E-state index contributed by atoms with van der Waals surface area (Å²) in [6, 6.07) is -1.13. The number of hydrogen-bond acceptors (Lipinski definition) is 8. The highest BCUT2D eigenvalue weighted by atomic mass is 16.7. The average molecular weight is 281 g/mol. The van der Waals surface area contributed by atoms with E-state index in [1.54, 1.807) is 0 Å². The molecular formula is C10H19NO8. The summed E-state index contributed by atoms with van der Waals surface area (Å²) >= 11 is 0. The number of carboxylic acid groups (broad SMARTS) is 1. The molecule has 0 aromatic rings. The first-order valence-corrected chi connectivity index (χ1v) is 5.66. The van der Waals surface area contributed by atoms with Crippen LogP contribution in [0.3, 0.4) is 0 Å². The molecule has 1 aliphatic rings. The van der Waals surface area contributed by atoms with Gasteiger partial charge in [0, 0.05) is 13.5 Å². The first-order valence-electron chi connectivity index (χ1n) is 5.66. The number of rotatable bonds is 5. The Morgan fingerprint density at radius 3 is 2.58 bits per heavy atom. The van der Waals surface area contributed by atoms with Crippen molar-refractivity contribution < 1.29 is 39.8 Å². The van der Waals surface area contributed by atoms with Crippen LogP contribution in [0.4, 0.5) is 0 Å². The molecule has 1 fully saturated rings. The summed E-state index contributed by atoms with van der Waals surface area (Å²) in [5, 5.41) is 46.7. The largest absolute Gasteiger partial charge is 0.477 e. The van der Waals surface area contributed by atoms with E-state index >= 15 is 0 Å². The van der Waals surface area contributed by atoms with Crippen LogP contribution in [0.5, 0.6) is 0 Å². The highest BCUT2D eigenvalue weighted by Crippen LogP contribution is 2.31. The molecule has 0 bridgehead atoms. The van der Waals surface area contributed by atoms with Gasteiger partial charge in [-0.15, -0.1) is 0 Å². The molecule has 6 atom stereocenters. The lowest BCUT2D eigenvalue weighted by atomic mass is 9.89. The zero-order valence-electron chi connectivity index (χ0n) is 10.3.